The van der Waals surface area contributed by atoms with Gasteiger partial charge in [0.2, 0.25) is 5.78 Å². The molecule has 14 heavy (non-hydrogen) atoms. The number of hydrogen-bond acceptors (Lipinski definition) is 4. The summed E-state index contributed by atoms with van der Waals surface area (Å²) in [5.41, 5.74) is 0. The number of furan rings is 1. The van der Waals surface area contributed by atoms with E-state index in [9.17, 15) is 9.59 Å². The highest BCUT2D eigenvalue weighted by Gasteiger charge is 2.22. The van der Waals surface area contributed by atoms with Crippen LogP contribution in [0.2, 0.25) is 0 Å². The molecule has 0 amide bonds. The van der Waals surface area contributed by atoms with E-state index < -0.39 is 12.1 Å². The molecule has 1 aromatic heterocycles. The van der Waals surface area contributed by atoms with E-state index in [1.807, 2.05) is 0 Å². The van der Waals surface area contributed by atoms with E-state index in [1.165, 1.54) is 13.2 Å². The molecule has 0 aliphatic rings. The first kappa shape index (κ1) is 10.5. The minimum absolute atomic E-state index is 0.220. The molecule has 0 radical (unpaired) electrons. The first-order valence-electron chi connectivity index (χ1n) is 4.40. The Bertz CT molecular complexity index is 313. The van der Waals surface area contributed by atoms with Crippen LogP contribution in [0.4, 0.5) is 0 Å². The molecular weight excluding hydrogens is 184 g/mol. The number of Topliss-reactive ketones (excluding diaryl/α,β-unsaturated/α-hetero) is 1. The summed E-state index contributed by atoms with van der Waals surface area (Å²) in [7, 11) is 0. The fraction of sp³-hybridized carbons (Fsp3) is 0.400. The predicted molar refractivity (Wildman–Crippen MR) is 48.9 cm³/mol. The summed E-state index contributed by atoms with van der Waals surface area (Å²) in [5, 5.41) is 0. The van der Waals surface area contributed by atoms with Crippen molar-refractivity contribution in [2.45, 2.75) is 26.4 Å². The monoisotopic (exact) mass is 196 g/mol. The zero-order chi connectivity index (χ0) is 10.6. The van der Waals surface area contributed by atoms with Crippen LogP contribution in [-0.4, -0.2) is 17.9 Å². The number of carbonyl (C=O) groups is 2. The first-order valence-corrected chi connectivity index (χ1v) is 4.40. The molecule has 76 valence electrons. The maximum absolute atomic E-state index is 11.6. The highest BCUT2D eigenvalue weighted by molar-refractivity contribution is 5.97. The van der Waals surface area contributed by atoms with Crippen LogP contribution in [0.15, 0.2) is 22.8 Å². The maximum Gasteiger partial charge on any atom is 0.303 e. The lowest BCUT2D eigenvalue weighted by atomic mass is 10.1. The van der Waals surface area contributed by atoms with Crippen molar-refractivity contribution >= 4 is 11.8 Å². The molecule has 0 aliphatic carbocycles. The fourth-order valence-electron chi connectivity index (χ4n) is 1.10. The third-order valence-electron chi connectivity index (χ3n) is 1.74. The number of esters is 1. The van der Waals surface area contributed by atoms with Crippen LogP contribution < -0.4 is 0 Å². The van der Waals surface area contributed by atoms with Gasteiger partial charge in [0, 0.05) is 6.92 Å². The Kier molecular flexibility index (Phi) is 3.45. The van der Waals surface area contributed by atoms with Gasteiger partial charge in [-0.25, -0.2) is 0 Å². The molecule has 4 heteroatoms. The van der Waals surface area contributed by atoms with E-state index in [-0.39, 0.29) is 11.5 Å². The SMILES string of the molecule is CCC(OC(C)=O)C(=O)c1ccco1. The standard InChI is InChI=1S/C10H12O4/c1-3-8(14-7(2)11)10(12)9-5-4-6-13-9/h4-6,8H,3H2,1-2H3. The normalized spacial score (nSPS) is 12.1. The van der Waals surface area contributed by atoms with Gasteiger partial charge in [0.25, 0.3) is 0 Å². The summed E-state index contributed by atoms with van der Waals surface area (Å²) in [6.07, 6.45) is 1.12. The van der Waals surface area contributed by atoms with Gasteiger partial charge in [-0.3, -0.25) is 9.59 Å². The topological polar surface area (TPSA) is 56.5 Å². The Morgan fingerprint density at radius 3 is 2.71 bits per heavy atom. The van der Waals surface area contributed by atoms with Gasteiger partial charge >= 0.3 is 5.97 Å². The van der Waals surface area contributed by atoms with Crippen LogP contribution in [0.3, 0.4) is 0 Å². The van der Waals surface area contributed by atoms with Crippen LogP contribution in [0.1, 0.15) is 30.8 Å². The lowest BCUT2D eigenvalue weighted by Gasteiger charge is -2.11. The molecule has 0 spiro atoms. The Morgan fingerprint density at radius 2 is 2.29 bits per heavy atom. The van der Waals surface area contributed by atoms with Gasteiger partial charge in [-0.2, -0.15) is 0 Å². The number of rotatable bonds is 4. The Hall–Kier alpha value is -1.58. The van der Waals surface area contributed by atoms with Crippen molar-refractivity contribution < 1.29 is 18.7 Å². The number of ether oxygens (including phenoxy) is 1. The van der Waals surface area contributed by atoms with Crippen LogP contribution in [0.25, 0.3) is 0 Å². The zero-order valence-electron chi connectivity index (χ0n) is 8.15. The molecule has 0 aromatic carbocycles. The minimum atomic E-state index is -0.737. The molecule has 0 saturated carbocycles. The molecule has 1 heterocycles. The van der Waals surface area contributed by atoms with Gasteiger partial charge in [-0.05, 0) is 18.6 Å². The van der Waals surface area contributed by atoms with E-state index in [4.69, 9.17) is 9.15 Å². The van der Waals surface area contributed by atoms with E-state index in [2.05, 4.69) is 0 Å². The van der Waals surface area contributed by atoms with Crippen molar-refractivity contribution in [2.24, 2.45) is 0 Å². The Morgan fingerprint density at radius 1 is 1.57 bits per heavy atom. The van der Waals surface area contributed by atoms with Gasteiger partial charge in [-0.15, -0.1) is 0 Å². The lowest BCUT2D eigenvalue weighted by molar-refractivity contribution is -0.144. The molecule has 0 saturated heterocycles. The number of carbonyl (C=O) groups excluding carboxylic acids is 2. The Labute approximate surface area is 81.9 Å². The van der Waals surface area contributed by atoms with Crippen molar-refractivity contribution in [3.8, 4) is 0 Å². The summed E-state index contributed by atoms with van der Waals surface area (Å²) >= 11 is 0. The second-order valence-corrected chi connectivity index (χ2v) is 2.85. The summed E-state index contributed by atoms with van der Waals surface area (Å²) < 4.78 is 9.76. The summed E-state index contributed by atoms with van der Waals surface area (Å²) in [6.45, 7) is 3.05. The fourth-order valence-corrected chi connectivity index (χ4v) is 1.10. The predicted octanol–water partition coefficient (Wildman–Crippen LogP) is 1.80. The van der Waals surface area contributed by atoms with Crippen molar-refractivity contribution in [3.63, 3.8) is 0 Å². The van der Waals surface area contributed by atoms with Crippen molar-refractivity contribution in [1.82, 2.24) is 0 Å². The molecule has 0 aliphatic heterocycles. The van der Waals surface area contributed by atoms with Crippen LogP contribution in [0, 0.1) is 0 Å². The van der Waals surface area contributed by atoms with Gasteiger partial charge in [0.05, 0.1) is 6.26 Å². The van der Waals surface area contributed by atoms with Crippen molar-refractivity contribution in [1.29, 1.82) is 0 Å². The van der Waals surface area contributed by atoms with E-state index in [1.54, 1.807) is 19.1 Å². The Balaban J connectivity index is 2.70. The molecule has 1 atom stereocenters. The molecule has 1 rings (SSSR count). The average molecular weight is 196 g/mol. The number of ketones is 1. The van der Waals surface area contributed by atoms with Crippen LogP contribution >= 0.6 is 0 Å². The third kappa shape index (κ3) is 2.45. The quantitative estimate of drug-likeness (QED) is 0.544. The summed E-state index contributed by atoms with van der Waals surface area (Å²) in [6, 6.07) is 3.17. The molecule has 1 aromatic rings. The average Bonchev–Trinajstić information content (AvgIpc) is 2.65. The van der Waals surface area contributed by atoms with Gasteiger partial charge in [0.1, 0.15) is 0 Å². The highest BCUT2D eigenvalue weighted by Crippen LogP contribution is 2.10. The molecule has 4 nitrogen and oxygen atoms in total. The zero-order valence-corrected chi connectivity index (χ0v) is 8.15. The van der Waals surface area contributed by atoms with Crippen molar-refractivity contribution in [3.05, 3.63) is 24.2 Å². The minimum Gasteiger partial charge on any atom is -0.461 e. The maximum atomic E-state index is 11.6. The smallest absolute Gasteiger partial charge is 0.303 e. The molecule has 0 bridgehead atoms. The van der Waals surface area contributed by atoms with Crippen LogP contribution in [-0.2, 0) is 9.53 Å². The summed E-state index contributed by atoms with van der Waals surface area (Å²) in [4.78, 5) is 22.3. The van der Waals surface area contributed by atoms with E-state index in [0.29, 0.717) is 6.42 Å². The third-order valence-corrected chi connectivity index (χ3v) is 1.74. The number of hydrogen-bond donors (Lipinski definition) is 0. The lowest BCUT2D eigenvalue weighted by Crippen LogP contribution is -2.25. The van der Waals surface area contributed by atoms with Gasteiger partial charge in [0.15, 0.2) is 11.9 Å². The van der Waals surface area contributed by atoms with Gasteiger partial charge in [-0.1, -0.05) is 6.92 Å². The highest BCUT2D eigenvalue weighted by atomic mass is 16.5. The molecule has 0 N–H and O–H groups in total. The van der Waals surface area contributed by atoms with E-state index >= 15 is 0 Å². The summed E-state index contributed by atoms with van der Waals surface area (Å²) in [5.74, 6) is -0.539. The molecular formula is C10H12O4. The molecule has 0 fully saturated rings. The van der Waals surface area contributed by atoms with Crippen LogP contribution in [0.5, 0.6) is 0 Å². The second kappa shape index (κ2) is 4.60. The van der Waals surface area contributed by atoms with E-state index in [0.717, 1.165) is 0 Å². The van der Waals surface area contributed by atoms with Crippen molar-refractivity contribution in [2.75, 3.05) is 0 Å². The van der Waals surface area contributed by atoms with Gasteiger partial charge < -0.3 is 9.15 Å². The largest absolute Gasteiger partial charge is 0.461 e. The second-order valence-electron chi connectivity index (χ2n) is 2.85. The molecule has 1 unspecified atom stereocenters. The first-order chi connectivity index (χ1) is 6.65.